The summed E-state index contributed by atoms with van der Waals surface area (Å²) in [6.07, 6.45) is 1.59. The smallest absolute Gasteiger partial charge is 0.322 e. The average Bonchev–Trinajstić information content (AvgIpc) is 2.80. The number of phenolic OH excluding ortho intramolecular Hbond substituents is 1. The molecule has 1 fully saturated rings. The molecule has 0 saturated carbocycles. The molecule has 2 aromatic carbocycles. The van der Waals surface area contributed by atoms with Gasteiger partial charge in [0.1, 0.15) is 5.75 Å². The third-order valence-electron chi connectivity index (χ3n) is 6.16. The Labute approximate surface area is 208 Å². The van der Waals surface area contributed by atoms with Crippen LogP contribution in [-0.2, 0) is 11.3 Å². The molecule has 4 N–H and O–H groups in total. The third kappa shape index (κ3) is 5.16. The van der Waals surface area contributed by atoms with E-state index in [0.29, 0.717) is 58.4 Å². The number of nitrogens with two attached hydrogens (primary N) is 1. The Balaban J connectivity index is 1.29. The zero-order valence-corrected chi connectivity index (χ0v) is 21.0. The summed E-state index contributed by atoms with van der Waals surface area (Å²) in [4.78, 5) is 41.3. The molecule has 0 aliphatic carbocycles. The standard InChI is InChI=1S/C23H24Br2N4O4/c24-17-10-13(11-18(25)22(17)26)20(31)3-4-21(32)28-7-5-15(6-8-28)29-12-14-9-16(30)1-2-19(14)27-23(29)33/h1-2,9-11,15,30H,3-8,12,26H2,(H,27,33). The van der Waals surface area contributed by atoms with Crippen molar-refractivity contribution in [1.29, 1.82) is 0 Å². The van der Waals surface area contributed by atoms with E-state index in [1.807, 2.05) is 0 Å². The van der Waals surface area contributed by atoms with Gasteiger partial charge in [0, 0.05) is 58.7 Å². The van der Waals surface area contributed by atoms with E-state index in [1.54, 1.807) is 40.1 Å². The number of anilines is 2. The first-order valence-electron chi connectivity index (χ1n) is 10.7. The molecule has 2 heterocycles. The highest BCUT2D eigenvalue weighted by Crippen LogP contribution is 2.31. The predicted molar refractivity (Wildman–Crippen MR) is 132 cm³/mol. The summed E-state index contributed by atoms with van der Waals surface area (Å²) in [6, 6.07) is 8.09. The highest BCUT2D eigenvalue weighted by molar-refractivity contribution is 9.11. The molecule has 0 radical (unpaired) electrons. The van der Waals surface area contributed by atoms with Gasteiger partial charge in [-0.2, -0.15) is 0 Å². The molecule has 0 atom stereocenters. The molecule has 0 unspecified atom stereocenters. The normalized spacial score (nSPS) is 16.4. The van der Waals surface area contributed by atoms with E-state index < -0.39 is 0 Å². The first kappa shape index (κ1) is 23.6. The van der Waals surface area contributed by atoms with Crippen molar-refractivity contribution in [1.82, 2.24) is 9.80 Å². The van der Waals surface area contributed by atoms with Crippen LogP contribution in [-0.4, -0.2) is 51.8 Å². The number of rotatable bonds is 5. The molecule has 0 spiro atoms. The SMILES string of the molecule is Nc1c(Br)cc(C(=O)CCC(=O)N2CCC(N3Cc4cc(O)ccc4NC3=O)CC2)cc1Br. The van der Waals surface area contributed by atoms with Crippen molar-refractivity contribution in [2.75, 3.05) is 24.1 Å². The maximum absolute atomic E-state index is 12.7. The fourth-order valence-electron chi connectivity index (χ4n) is 4.27. The molecule has 1 saturated heterocycles. The number of halogens is 2. The second-order valence-electron chi connectivity index (χ2n) is 8.29. The van der Waals surface area contributed by atoms with E-state index in [0.717, 1.165) is 5.56 Å². The number of piperidine rings is 1. The summed E-state index contributed by atoms with van der Waals surface area (Å²) in [6.45, 7) is 1.50. The number of Topliss-reactive ketones (excluding diaryl/α,β-unsaturated/α-hetero) is 1. The number of benzene rings is 2. The number of hydrogen-bond donors (Lipinski definition) is 3. The highest BCUT2D eigenvalue weighted by Gasteiger charge is 2.32. The summed E-state index contributed by atoms with van der Waals surface area (Å²) >= 11 is 6.67. The van der Waals surface area contributed by atoms with Crippen molar-refractivity contribution in [2.45, 2.75) is 38.3 Å². The largest absolute Gasteiger partial charge is 0.508 e. The number of amides is 3. The van der Waals surface area contributed by atoms with Gasteiger partial charge in [-0.25, -0.2) is 4.79 Å². The summed E-state index contributed by atoms with van der Waals surface area (Å²) in [7, 11) is 0. The maximum Gasteiger partial charge on any atom is 0.322 e. The zero-order chi connectivity index (χ0) is 23.7. The number of fused-ring (bicyclic) bond motifs is 1. The lowest BCUT2D eigenvalue weighted by atomic mass is 10.00. The van der Waals surface area contributed by atoms with Crippen LogP contribution in [0.25, 0.3) is 0 Å². The van der Waals surface area contributed by atoms with E-state index in [4.69, 9.17) is 5.73 Å². The first-order chi connectivity index (χ1) is 15.7. The summed E-state index contributed by atoms with van der Waals surface area (Å²) in [5, 5.41) is 12.6. The summed E-state index contributed by atoms with van der Waals surface area (Å²) < 4.78 is 1.27. The number of nitrogens with one attached hydrogen (secondary N) is 1. The average molecular weight is 580 g/mol. The van der Waals surface area contributed by atoms with Crippen LogP contribution in [0, 0.1) is 0 Å². The van der Waals surface area contributed by atoms with Crippen molar-refractivity contribution < 1.29 is 19.5 Å². The van der Waals surface area contributed by atoms with E-state index >= 15 is 0 Å². The molecule has 33 heavy (non-hydrogen) atoms. The molecule has 3 amide bonds. The molecule has 174 valence electrons. The number of aromatic hydroxyl groups is 1. The Morgan fingerprint density at radius 2 is 1.76 bits per heavy atom. The molecular formula is C23H24Br2N4O4. The minimum atomic E-state index is -0.163. The van der Waals surface area contributed by atoms with Crippen LogP contribution in [0.1, 0.15) is 41.6 Å². The fourth-order valence-corrected chi connectivity index (χ4v) is 5.45. The summed E-state index contributed by atoms with van der Waals surface area (Å²) in [5.41, 5.74) is 8.47. The maximum atomic E-state index is 12.7. The first-order valence-corrected chi connectivity index (χ1v) is 12.3. The van der Waals surface area contributed by atoms with Crippen LogP contribution in [0.15, 0.2) is 39.3 Å². The monoisotopic (exact) mass is 578 g/mol. The molecule has 4 rings (SSSR count). The van der Waals surface area contributed by atoms with E-state index in [2.05, 4.69) is 37.2 Å². The fraction of sp³-hybridized carbons (Fsp3) is 0.348. The number of nitrogen functional groups attached to an aromatic ring is 1. The van der Waals surface area contributed by atoms with Gasteiger partial charge in [-0.3, -0.25) is 9.59 Å². The van der Waals surface area contributed by atoms with E-state index in [9.17, 15) is 19.5 Å². The number of carbonyl (C=O) groups excluding carboxylic acids is 3. The van der Waals surface area contributed by atoms with Gasteiger partial charge in [0.05, 0.1) is 5.69 Å². The predicted octanol–water partition coefficient (Wildman–Crippen LogP) is 4.50. The van der Waals surface area contributed by atoms with E-state index in [1.165, 1.54) is 0 Å². The van der Waals surface area contributed by atoms with Crippen LogP contribution >= 0.6 is 31.9 Å². The Hall–Kier alpha value is -2.59. The minimum absolute atomic E-state index is 0.00987. The van der Waals surface area contributed by atoms with Crippen molar-refractivity contribution in [3.05, 3.63) is 50.4 Å². The number of nitrogens with zero attached hydrogens (tertiary/aromatic N) is 2. The minimum Gasteiger partial charge on any atom is -0.508 e. The van der Waals surface area contributed by atoms with Crippen LogP contribution in [0.4, 0.5) is 16.2 Å². The van der Waals surface area contributed by atoms with Crippen molar-refractivity contribution in [3.8, 4) is 5.75 Å². The molecule has 2 aliphatic heterocycles. The number of urea groups is 1. The molecule has 10 heteroatoms. The molecule has 0 aromatic heterocycles. The Morgan fingerprint density at radius 1 is 1.09 bits per heavy atom. The van der Waals surface area contributed by atoms with E-state index in [-0.39, 0.29) is 42.4 Å². The second kappa shape index (κ2) is 9.72. The Kier molecular flexibility index (Phi) is 6.94. The lowest BCUT2D eigenvalue weighted by Crippen LogP contribution is -2.51. The lowest BCUT2D eigenvalue weighted by Gasteiger charge is -2.40. The molecular weight excluding hydrogens is 556 g/mol. The van der Waals surface area contributed by atoms with Crippen molar-refractivity contribution in [2.24, 2.45) is 0 Å². The van der Waals surface area contributed by atoms with Gasteiger partial charge in [0.2, 0.25) is 5.91 Å². The van der Waals surface area contributed by atoms with Crippen LogP contribution in [0.3, 0.4) is 0 Å². The van der Waals surface area contributed by atoms with Crippen molar-refractivity contribution in [3.63, 3.8) is 0 Å². The zero-order valence-electron chi connectivity index (χ0n) is 17.8. The molecule has 2 aliphatic rings. The van der Waals surface area contributed by atoms with Gasteiger partial charge < -0.3 is 26.0 Å². The molecule has 2 aromatic rings. The van der Waals surface area contributed by atoms with Gasteiger partial charge in [0.25, 0.3) is 0 Å². The molecule has 0 bridgehead atoms. The van der Waals surface area contributed by atoms with Crippen molar-refractivity contribution >= 4 is 61.0 Å². The van der Waals surface area contributed by atoms with Gasteiger partial charge >= 0.3 is 6.03 Å². The third-order valence-corrected chi connectivity index (χ3v) is 7.47. The molecule has 8 nitrogen and oxygen atoms in total. The topological polar surface area (TPSA) is 116 Å². The van der Waals surface area contributed by atoms with Crippen LogP contribution in [0.2, 0.25) is 0 Å². The number of phenols is 1. The van der Waals surface area contributed by atoms with Gasteiger partial charge in [-0.1, -0.05) is 0 Å². The number of likely N-dealkylation sites (tertiary alicyclic amines) is 1. The Bertz CT molecular complexity index is 1090. The van der Waals surface area contributed by atoms with Gasteiger partial charge in [-0.15, -0.1) is 0 Å². The van der Waals surface area contributed by atoms with Gasteiger partial charge in [0.15, 0.2) is 5.78 Å². The van der Waals surface area contributed by atoms with Crippen LogP contribution in [0.5, 0.6) is 5.75 Å². The number of carbonyl (C=O) groups is 3. The second-order valence-corrected chi connectivity index (χ2v) is 10.00. The Morgan fingerprint density at radius 3 is 2.42 bits per heavy atom. The number of ketones is 1. The highest BCUT2D eigenvalue weighted by atomic mass is 79.9. The quantitative estimate of drug-likeness (QED) is 0.274. The summed E-state index contributed by atoms with van der Waals surface area (Å²) in [5.74, 6) is -0.0150. The van der Waals surface area contributed by atoms with Gasteiger partial charge in [-0.05, 0) is 80.6 Å². The van der Waals surface area contributed by atoms with Crippen LogP contribution < -0.4 is 11.1 Å². The number of hydrogen-bond acceptors (Lipinski definition) is 5. The lowest BCUT2D eigenvalue weighted by molar-refractivity contribution is -0.132.